The van der Waals surface area contributed by atoms with Crippen molar-refractivity contribution in [1.82, 2.24) is 4.98 Å². The van der Waals surface area contributed by atoms with Gasteiger partial charge >= 0.3 is 0 Å². The van der Waals surface area contributed by atoms with Crippen molar-refractivity contribution in [3.8, 4) is 5.75 Å². The third-order valence-electron chi connectivity index (χ3n) is 1.89. The zero-order valence-corrected chi connectivity index (χ0v) is 8.66. The fourth-order valence-corrected chi connectivity index (χ4v) is 1.60. The van der Waals surface area contributed by atoms with Crippen LogP contribution >= 0.6 is 15.9 Å². The molecule has 1 fully saturated rings. The highest BCUT2D eigenvalue weighted by Gasteiger charge is 2.16. The molecule has 0 N–H and O–H groups in total. The Morgan fingerprint density at radius 1 is 1.62 bits per heavy atom. The Kier molecular flexibility index (Phi) is 2.80. The first-order valence-corrected chi connectivity index (χ1v) is 5.00. The van der Waals surface area contributed by atoms with E-state index in [1.54, 1.807) is 6.20 Å². The molecule has 0 bridgehead atoms. The zero-order chi connectivity index (χ0) is 9.10. The van der Waals surface area contributed by atoms with Crippen LogP contribution in [0.3, 0.4) is 0 Å². The summed E-state index contributed by atoms with van der Waals surface area (Å²) in [7, 11) is 0. The van der Waals surface area contributed by atoms with Gasteiger partial charge in [-0.25, -0.2) is 4.98 Å². The summed E-state index contributed by atoms with van der Waals surface area (Å²) in [6.45, 7) is 1.50. The van der Waals surface area contributed by atoms with E-state index in [-0.39, 0.29) is 6.10 Å². The molecule has 1 aromatic heterocycles. The van der Waals surface area contributed by atoms with Crippen molar-refractivity contribution in [3.05, 3.63) is 22.9 Å². The zero-order valence-electron chi connectivity index (χ0n) is 7.07. The van der Waals surface area contributed by atoms with Crippen molar-refractivity contribution in [3.63, 3.8) is 0 Å². The Bertz CT molecular complexity index is 287. The van der Waals surface area contributed by atoms with E-state index in [4.69, 9.17) is 9.47 Å². The fraction of sp³-hybridized carbons (Fsp3) is 0.444. The first kappa shape index (κ1) is 8.97. The second-order valence-corrected chi connectivity index (χ2v) is 3.73. The van der Waals surface area contributed by atoms with E-state index in [1.165, 1.54) is 0 Å². The highest BCUT2D eigenvalue weighted by atomic mass is 79.9. The number of halogens is 1. The highest BCUT2D eigenvalue weighted by molar-refractivity contribution is 9.10. The van der Waals surface area contributed by atoms with E-state index in [0.29, 0.717) is 6.61 Å². The molecule has 1 aliphatic heterocycles. The van der Waals surface area contributed by atoms with E-state index in [2.05, 4.69) is 20.9 Å². The van der Waals surface area contributed by atoms with Gasteiger partial charge in [-0.05, 0) is 22.0 Å². The van der Waals surface area contributed by atoms with E-state index in [0.717, 1.165) is 23.4 Å². The Hall–Kier alpha value is -0.610. The van der Waals surface area contributed by atoms with Gasteiger partial charge in [-0.1, -0.05) is 0 Å². The van der Waals surface area contributed by atoms with Gasteiger partial charge in [0.2, 0.25) is 0 Å². The lowest BCUT2D eigenvalue weighted by Gasteiger charge is -2.11. The van der Waals surface area contributed by atoms with Gasteiger partial charge in [0, 0.05) is 18.7 Å². The molecule has 0 aliphatic carbocycles. The molecular formula is C9H10BrNO2. The van der Waals surface area contributed by atoms with E-state index in [9.17, 15) is 0 Å². The molecular weight excluding hydrogens is 234 g/mol. The molecule has 2 heterocycles. The van der Waals surface area contributed by atoms with Crippen LogP contribution in [0.5, 0.6) is 5.75 Å². The fourth-order valence-electron chi connectivity index (χ4n) is 1.26. The maximum absolute atomic E-state index is 5.66. The number of hydrogen-bond donors (Lipinski definition) is 0. The molecule has 1 saturated heterocycles. The Balaban J connectivity index is 2.00. The van der Waals surface area contributed by atoms with Gasteiger partial charge in [-0.2, -0.15) is 0 Å². The first-order valence-electron chi connectivity index (χ1n) is 4.20. The number of pyridine rings is 1. The van der Waals surface area contributed by atoms with Gasteiger partial charge in [0.05, 0.1) is 13.2 Å². The molecule has 13 heavy (non-hydrogen) atoms. The van der Waals surface area contributed by atoms with Crippen LogP contribution in [0.4, 0.5) is 0 Å². The molecule has 0 saturated carbocycles. The lowest BCUT2D eigenvalue weighted by molar-refractivity contribution is 0.141. The molecule has 4 heteroatoms. The first-order chi connectivity index (χ1) is 6.34. The standard InChI is InChI=1S/C9H10BrNO2/c10-9-5-7(1-3-11-9)13-8-2-4-12-6-8/h1,3,5,8H,2,4,6H2/t8-/m0/s1. The summed E-state index contributed by atoms with van der Waals surface area (Å²) in [6.07, 6.45) is 2.89. The van der Waals surface area contributed by atoms with Crippen molar-refractivity contribution in [2.45, 2.75) is 12.5 Å². The topological polar surface area (TPSA) is 31.4 Å². The molecule has 1 aliphatic rings. The molecule has 1 atom stereocenters. The van der Waals surface area contributed by atoms with Crippen LogP contribution in [-0.2, 0) is 4.74 Å². The van der Waals surface area contributed by atoms with Crippen LogP contribution < -0.4 is 4.74 Å². The van der Waals surface area contributed by atoms with Crippen molar-refractivity contribution in [1.29, 1.82) is 0 Å². The monoisotopic (exact) mass is 243 g/mol. The third kappa shape index (κ3) is 2.42. The van der Waals surface area contributed by atoms with E-state index >= 15 is 0 Å². The molecule has 3 nitrogen and oxygen atoms in total. The van der Waals surface area contributed by atoms with E-state index < -0.39 is 0 Å². The van der Waals surface area contributed by atoms with Crippen molar-refractivity contribution >= 4 is 15.9 Å². The van der Waals surface area contributed by atoms with Crippen LogP contribution in [0.2, 0.25) is 0 Å². The maximum atomic E-state index is 5.66. The van der Waals surface area contributed by atoms with Crippen molar-refractivity contribution in [2.75, 3.05) is 13.2 Å². The second-order valence-electron chi connectivity index (χ2n) is 2.92. The third-order valence-corrected chi connectivity index (χ3v) is 2.32. The Labute approximate surface area is 85.2 Å². The molecule has 0 amide bonds. The van der Waals surface area contributed by atoms with Gasteiger partial charge < -0.3 is 9.47 Å². The minimum atomic E-state index is 0.203. The van der Waals surface area contributed by atoms with Crippen molar-refractivity contribution in [2.24, 2.45) is 0 Å². The summed E-state index contributed by atoms with van der Waals surface area (Å²) in [5.41, 5.74) is 0. The number of ether oxygens (including phenoxy) is 2. The van der Waals surface area contributed by atoms with Gasteiger partial charge in [0.25, 0.3) is 0 Å². The van der Waals surface area contributed by atoms with Crippen LogP contribution in [0.15, 0.2) is 22.9 Å². The molecule has 0 spiro atoms. The number of nitrogens with zero attached hydrogens (tertiary/aromatic N) is 1. The number of hydrogen-bond acceptors (Lipinski definition) is 3. The Morgan fingerprint density at radius 2 is 2.54 bits per heavy atom. The molecule has 70 valence electrons. The normalized spacial score (nSPS) is 21.8. The molecule has 1 aromatic rings. The van der Waals surface area contributed by atoms with Gasteiger partial charge in [0.15, 0.2) is 0 Å². The quantitative estimate of drug-likeness (QED) is 0.745. The van der Waals surface area contributed by atoms with Crippen LogP contribution in [0.1, 0.15) is 6.42 Å². The number of aromatic nitrogens is 1. The summed E-state index contributed by atoms with van der Waals surface area (Å²) in [5, 5.41) is 0. The summed E-state index contributed by atoms with van der Waals surface area (Å²) in [6, 6.07) is 3.71. The van der Waals surface area contributed by atoms with Gasteiger partial charge in [-0.15, -0.1) is 0 Å². The summed E-state index contributed by atoms with van der Waals surface area (Å²) >= 11 is 3.29. The molecule has 0 unspecified atom stereocenters. The minimum absolute atomic E-state index is 0.203. The maximum Gasteiger partial charge on any atom is 0.124 e. The average Bonchev–Trinajstić information content (AvgIpc) is 2.57. The summed E-state index contributed by atoms with van der Waals surface area (Å²) in [4.78, 5) is 4.02. The van der Waals surface area contributed by atoms with Crippen molar-refractivity contribution < 1.29 is 9.47 Å². The Morgan fingerprint density at radius 3 is 3.23 bits per heavy atom. The smallest absolute Gasteiger partial charge is 0.124 e. The lowest BCUT2D eigenvalue weighted by atomic mass is 10.3. The predicted octanol–water partition coefficient (Wildman–Crippen LogP) is 2.01. The molecule has 2 rings (SSSR count). The molecule has 0 radical (unpaired) electrons. The van der Waals surface area contributed by atoms with Crippen LogP contribution in [-0.4, -0.2) is 24.3 Å². The largest absolute Gasteiger partial charge is 0.488 e. The summed E-state index contributed by atoms with van der Waals surface area (Å²) < 4.78 is 11.7. The van der Waals surface area contributed by atoms with E-state index in [1.807, 2.05) is 12.1 Å². The van der Waals surface area contributed by atoms with Crippen LogP contribution in [0.25, 0.3) is 0 Å². The summed E-state index contributed by atoms with van der Waals surface area (Å²) in [5.74, 6) is 0.845. The second kappa shape index (κ2) is 4.07. The average molecular weight is 244 g/mol. The SMILES string of the molecule is Brc1cc(O[C@H]2CCOC2)ccn1. The lowest BCUT2D eigenvalue weighted by Crippen LogP contribution is -2.15. The number of rotatable bonds is 2. The molecule has 0 aromatic carbocycles. The predicted molar refractivity (Wildman–Crippen MR) is 51.8 cm³/mol. The minimum Gasteiger partial charge on any atom is -0.488 e. The van der Waals surface area contributed by atoms with Gasteiger partial charge in [0.1, 0.15) is 16.5 Å². The van der Waals surface area contributed by atoms with Gasteiger partial charge in [-0.3, -0.25) is 0 Å². The van der Waals surface area contributed by atoms with Crippen LogP contribution in [0, 0.1) is 0 Å². The highest BCUT2D eigenvalue weighted by Crippen LogP contribution is 2.19.